The molecule has 68 valence electrons. The second kappa shape index (κ2) is 2.76. The van der Waals surface area contributed by atoms with Crippen molar-refractivity contribution in [1.29, 1.82) is 0 Å². The van der Waals surface area contributed by atoms with E-state index in [1.165, 1.54) is 6.07 Å². The second-order valence-electron chi connectivity index (χ2n) is 3.18. The van der Waals surface area contributed by atoms with Gasteiger partial charge < -0.3 is 10.4 Å². The minimum atomic E-state index is -0.167. The molecule has 1 aliphatic heterocycles. The highest BCUT2D eigenvalue weighted by Gasteiger charge is 2.29. The molecule has 1 aliphatic rings. The van der Waals surface area contributed by atoms with Gasteiger partial charge in [-0.3, -0.25) is 4.79 Å². The Balaban J connectivity index is 2.57. The van der Waals surface area contributed by atoms with Gasteiger partial charge in [0.2, 0.25) is 0 Å². The highest BCUT2D eigenvalue weighted by atomic mass is 16.3. The molecule has 3 heteroatoms. The van der Waals surface area contributed by atoms with Crippen molar-refractivity contribution in [3.8, 4) is 5.75 Å². The number of benzene rings is 1. The van der Waals surface area contributed by atoms with Crippen LogP contribution < -0.4 is 5.32 Å². The van der Waals surface area contributed by atoms with Crippen molar-refractivity contribution in [2.24, 2.45) is 0 Å². The maximum atomic E-state index is 11.4. The fourth-order valence-corrected chi connectivity index (χ4v) is 1.73. The molecule has 0 spiro atoms. The summed E-state index contributed by atoms with van der Waals surface area (Å²) in [7, 11) is 0. The van der Waals surface area contributed by atoms with Crippen LogP contribution in [0.2, 0.25) is 0 Å². The van der Waals surface area contributed by atoms with Gasteiger partial charge in [-0.2, -0.15) is 0 Å². The van der Waals surface area contributed by atoms with Crippen LogP contribution in [0.3, 0.4) is 0 Å². The zero-order valence-electron chi connectivity index (χ0n) is 7.37. The van der Waals surface area contributed by atoms with Crippen LogP contribution in [-0.2, 0) is 0 Å². The van der Waals surface area contributed by atoms with E-state index in [1.807, 2.05) is 13.0 Å². The van der Waals surface area contributed by atoms with Crippen molar-refractivity contribution in [3.63, 3.8) is 0 Å². The summed E-state index contributed by atoms with van der Waals surface area (Å²) in [5.41, 5.74) is 1.35. The summed E-state index contributed by atoms with van der Waals surface area (Å²) in [5, 5.41) is 12.3. The van der Waals surface area contributed by atoms with Gasteiger partial charge >= 0.3 is 0 Å². The highest BCUT2D eigenvalue weighted by molar-refractivity contribution is 6.01. The molecule has 2 N–H and O–H groups in total. The summed E-state index contributed by atoms with van der Waals surface area (Å²) in [5.74, 6) is -0.0918. The molecule has 1 amide bonds. The molecule has 1 aromatic rings. The summed E-state index contributed by atoms with van der Waals surface area (Å²) >= 11 is 0. The summed E-state index contributed by atoms with van der Waals surface area (Å²) < 4.78 is 0. The lowest BCUT2D eigenvalue weighted by Crippen LogP contribution is -2.18. The topological polar surface area (TPSA) is 49.3 Å². The number of fused-ring (bicyclic) bond motifs is 1. The first-order valence-corrected chi connectivity index (χ1v) is 4.36. The molecule has 0 bridgehead atoms. The third kappa shape index (κ3) is 1.08. The molecule has 13 heavy (non-hydrogen) atoms. The maximum absolute atomic E-state index is 11.4. The number of phenolic OH excluding ortho intramolecular Hbond substituents is 1. The van der Waals surface area contributed by atoms with Crippen LogP contribution in [0.1, 0.15) is 35.3 Å². The Morgan fingerprint density at radius 2 is 2.31 bits per heavy atom. The van der Waals surface area contributed by atoms with Gasteiger partial charge in [0.1, 0.15) is 5.75 Å². The number of phenols is 1. The minimum Gasteiger partial charge on any atom is -0.507 e. The Kier molecular flexibility index (Phi) is 1.72. The normalized spacial score (nSPS) is 19.8. The zero-order valence-corrected chi connectivity index (χ0v) is 7.37. The number of amides is 1. The molecule has 0 radical (unpaired) electrons. The van der Waals surface area contributed by atoms with E-state index in [4.69, 9.17) is 0 Å². The van der Waals surface area contributed by atoms with Gasteiger partial charge in [0.05, 0.1) is 11.6 Å². The van der Waals surface area contributed by atoms with Gasteiger partial charge in [-0.15, -0.1) is 0 Å². The Morgan fingerprint density at radius 1 is 1.54 bits per heavy atom. The number of aromatic hydroxyl groups is 1. The van der Waals surface area contributed by atoms with Crippen LogP contribution in [0.4, 0.5) is 0 Å². The van der Waals surface area contributed by atoms with E-state index in [-0.39, 0.29) is 17.7 Å². The van der Waals surface area contributed by atoms with Crippen LogP contribution in [0.5, 0.6) is 5.75 Å². The van der Waals surface area contributed by atoms with Crippen LogP contribution in [-0.4, -0.2) is 11.0 Å². The molecule has 3 nitrogen and oxygen atoms in total. The second-order valence-corrected chi connectivity index (χ2v) is 3.18. The van der Waals surface area contributed by atoms with Crippen molar-refractivity contribution in [2.45, 2.75) is 19.4 Å². The van der Waals surface area contributed by atoms with E-state index in [2.05, 4.69) is 5.32 Å². The first kappa shape index (κ1) is 8.10. The fourth-order valence-electron chi connectivity index (χ4n) is 1.73. The van der Waals surface area contributed by atoms with E-state index in [1.54, 1.807) is 6.07 Å². The van der Waals surface area contributed by atoms with Crippen molar-refractivity contribution in [3.05, 3.63) is 29.3 Å². The monoisotopic (exact) mass is 177 g/mol. The van der Waals surface area contributed by atoms with Crippen LogP contribution in [0, 0.1) is 0 Å². The van der Waals surface area contributed by atoms with E-state index < -0.39 is 0 Å². The number of hydrogen-bond acceptors (Lipinski definition) is 2. The standard InChI is InChI=1S/C10H11NO2/c1-2-7-6-4-3-5-8(12)9(6)10(13)11-7/h3-5,7,12H,2H2,1H3,(H,11,13). The third-order valence-electron chi connectivity index (χ3n) is 2.39. The van der Waals surface area contributed by atoms with E-state index in [0.717, 1.165) is 12.0 Å². The molecule has 0 fully saturated rings. The molecule has 2 rings (SSSR count). The van der Waals surface area contributed by atoms with Crippen molar-refractivity contribution >= 4 is 5.91 Å². The molecule has 0 saturated heterocycles. The van der Waals surface area contributed by atoms with E-state index >= 15 is 0 Å². The molecule has 1 aromatic carbocycles. The Labute approximate surface area is 76.4 Å². The van der Waals surface area contributed by atoms with Gasteiger partial charge in [0.15, 0.2) is 0 Å². The molecule has 1 atom stereocenters. The smallest absolute Gasteiger partial charge is 0.255 e. The summed E-state index contributed by atoms with van der Waals surface area (Å²) in [6.45, 7) is 2.00. The summed E-state index contributed by atoms with van der Waals surface area (Å²) in [6, 6.07) is 5.24. The number of nitrogens with one attached hydrogen (secondary N) is 1. The average Bonchev–Trinajstić information content (AvgIpc) is 2.44. The average molecular weight is 177 g/mol. The fraction of sp³-hybridized carbons (Fsp3) is 0.300. The summed E-state index contributed by atoms with van der Waals surface area (Å²) in [6.07, 6.45) is 0.849. The molecule has 0 saturated carbocycles. The summed E-state index contributed by atoms with van der Waals surface area (Å²) in [4.78, 5) is 11.4. The lowest BCUT2D eigenvalue weighted by molar-refractivity contribution is 0.0953. The van der Waals surface area contributed by atoms with Gasteiger partial charge in [0.25, 0.3) is 5.91 Å². The van der Waals surface area contributed by atoms with Crippen LogP contribution in [0.25, 0.3) is 0 Å². The number of rotatable bonds is 1. The third-order valence-corrected chi connectivity index (χ3v) is 2.39. The Morgan fingerprint density at radius 3 is 3.00 bits per heavy atom. The quantitative estimate of drug-likeness (QED) is 0.684. The van der Waals surface area contributed by atoms with Gasteiger partial charge in [-0.25, -0.2) is 0 Å². The molecule has 1 heterocycles. The number of carbonyl (C=O) groups excluding carboxylic acids is 1. The largest absolute Gasteiger partial charge is 0.507 e. The molecule has 1 unspecified atom stereocenters. The van der Waals surface area contributed by atoms with Crippen molar-refractivity contribution < 1.29 is 9.90 Å². The van der Waals surface area contributed by atoms with Crippen molar-refractivity contribution in [2.75, 3.05) is 0 Å². The molecular weight excluding hydrogens is 166 g/mol. The van der Waals surface area contributed by atoms with E-state index in [9.17, 15) is 9.90 Å². The lowest BCUT2D eigenvalue weighted by atomic mass is 10.0. The molecule has 0 aromatic heterocycles. The van der Waals surface area contributed by atoms with Gasteiger partial charge in [-0.05, 0) is 18.1 Å². The Hall–Kier alpha value is -1.51. The maximum Gasteiger partial charge on any atom is 0.255 e. The molecular formula is C10H11NO2. The first-order chi connectivity index (χ1) is 6.24. The predicted octanol–water partition coefficient (Wildman–Crippen LogP) is 1.59. The van der Waals surface area contributed by atoms with E-state index in [0.29, 0.717) is 5.56 Å². The number of carbonyl (C=O) groups is 1. The Bertz CT molecular complexity index is 360. The highest BCUT2D eigenvalue weighted by Crippen LogP contribution is 2.32. The zero-order chi connectivity index (χ0) is 9.42. The molecule has 0 aliphatic carbocycles. The first-order valence-electron chi connectivity index (χ1n) is 4.36. The number of hydrogen-bond donors (Lipinski definition) is 2. The van der Waals surface area contributed by atoms with Crippen LogP contribution in [0.15, 0.2) is 18.2 Å². The SMILES string of the molecule is CCC1NC(=O)c2c(O)cccc21. The van der Waals surface area contributed by atoms with Gasteiger partial charge in [0, 0.05) is 0 Å². The van der Waals surface area contributed by atoms with Crippen molar-refractivity contribution in [1.82, 2.24) is 5.32 Å². The predicted molar refractivity (Wildman–Crippen MR) is 48.6 cm³/mol. The minimum absolute atomic E-state index is 0.0644. The lowest BCUT2D eigenvalue weighted by Gasteiger charge is -2.06. The van der Waals surface area contributed by atoms with Crippen LogP contribution >= 0.6 is 0 Å². The van der Waals surface area contributed by atoms with Gasteiger partial charge in [-0.1, -0.05) is 19.1 Å².